The Balaban J connectivity index is 2.59. The Morgan fingerprint density at radius 3 is 2.18 bits per heavy atom. The molecule has 0 bridgehead atoms. The number of rotatable bonds is 15. The third-order valence-electron chi connectivity index (χ3n) is 7.48. The zero-order valence-corrected chi connectivity index (χ0v) is 28.0. The van der Waals surface area contributed by atoms with Gasteiger partial charge in [0.2, 0.25) is 5.78 Å². The first-order chi connectivity index (χ1) is 20.7. The van der Waals surface area contributed by atoms with Gasteiger partial charge >= 0.3 is 0 Å². The van der Waals surface area contributed by atoms with Gasteiger partial charge < -0.3 is 9.47 Å². The van der Waals surface area contributed by atoms with Crippen LogP contribution in [0, 0.1) is 12.3 Å². The monoisotopic (exact) mass is 596 g/mol. The number of nitrogens with zero attached hydrogens (tertiary/aromatic N) is 2. The van der Waals surface area contributed by atoms with Crippen molar-refractivity contribution >= 4 is 28.6 Å². The normalized spacial score (nSPS) is 15.5. The maximum Gasteiger partial charge on any atom is 0.224 e. The lowest BCUT2D eigenvalue weighted by Crippen LogP contribution is -2.37. The topological polar surface area (TPSA) is 70.4 Å². The standard InChI is InChI=1S/C38H48N2O4/c1-14-19-22-28(17-4)33-26(7)32(39-40(33)29(21-16-3)23-20-15-2)27(8)44-38(11,12)24-37(9,10)31-25(6)34(41)30(18-5)36(43-13)35(31)42/h14-17,19-23H,2-4,8,18,24H2,1,5-7,9-13H3/b19-14-,23-20-,28-22+,29-21+. The molecule has 44 heavy (non-hydrogen) atoms. The van der Waals surface area contributed by atoms with Crippen LogP contribution in [0.5, 0.6) is 0 Å². The third-order valence-corrected chi connectivity index (χ3v) is 7.48. The van der Waals surface area contributed by atoms with Gasteiger partial charge in [0.15, 0.2) is 11.5 Å². The largest absolute Gasteiger partial charge is 0.492 e. The van der Waals surface area contributed by atoms with Gasteiger partial charge in [0.25, 0.3) is 0 Å². The Kier molecular flexibility index (Phi) is 12.0. The molecule has 0 aromatic carbocycles. The lowest BCUT2D eigenvalue weighted by molar-refractivity contribution is -0.120. The second-order valence-corrected chi connectivity index (χ2v) is 11.9. The number of ether oxygens (including phenoxy) is 2. The van der Waals surface area contributed by atoms with Crippen LogP contribution >= 0.6 is 0 Å². The van der Waals surface area contributed by atoms with Gasteiger partial charge in [-0.2, -0.15) is 5.10 Å². The van der Waals surface area contributed by atoms with E-state index in [2.05, 4.69) is 26.3 Å². The van der Waals surface area contributed by atoms with E-state index >= 15 is 0 Å². The lowest BCUT2D eigenvalue weighted by atomic mass is 9.69. The summed E-state index contributed by atoms with van der Waals surface area (Å²) < 4.78 is 13.8. The number of carbonyl (C=O) groups excluding carboxylic acids is 2. The number of hydrogen-bond acceptors (Lipinski definition) is 5. The Bertz CT molecular complexity index is 1540. The molecule has 1 aliphatic carbocycles. The molecule has 0 spiro atoms. The Morgan fingerprint density at radius 1 is 1.00 bits per heavy atom. The number of ketones is 2. The predicted octanol–water partition coefficient (Wildman–Crippen LogP) is 9.07. The molecule has 6 heteroatoms. The zero-order chi connectivity index (χ0) is 33.4. The highest BCUT2D eigenvalue weighted by Gasteiger charge is 2.43. The average molecular weight is 597 g/mol. The smallest absolute Gasteiger partial charge is 0.224 e. The Hall–Kier alpha value is -4.45. The summed E-state index contributed by atoms with van der Waals surface area (Å²) in [5, 5.41) is 4.95. The number of hydrogen-bond donors (Lipinski definition) is 0. The number of carbonyl (C=O) groups is 2. The molecule has 0 amide bonds. The molecule has 1 aliphatic rings. The molecule has 0 saturated carbocycles. The molecule has 1 aromatic heterocycles. The molecule has 1 heterocycles. The molecular weight excluding hydrogens is 548 g/mol. The van der Waals surface area contributed by atoms with Crippen LogP contribution in [0.1, 0.15) is 78.3 Å². The van der Waals surface area contributed by atoms with Crippen molar-refractivity contribution in [3.63, 3.8) is 0 Å². The fourth-order valence-corrected chi connectivity index (χ4v) is 6.00. The van der Waals surface area contributed by atoms with Crippen molar-refractivity contribution in [2.45, 2.75) is 73.8 Å². The van der Waals surface area contributed by atoms with Crippen molar-refractivity contribution in [3.8, 4) is 0 Å². The minimum Gasteiger partial charge on any atom is -0.492 e. The van der Waals surface area contributed by atoms with E-state index < -0.39 is 11.0 Å². The lowest BCUT2D eigenvalue weighted by Gasteiger charge is -2.38. The molecule has 0 atom stereocenters. The first-order valence-electron chi connectivity index (χ1n) is 14.8. The number of aromatic nitrogens is 2. The summed E-state index contributed by atoms with van der Waals surface area (Å²) in [6.07, 6.45) is 17.5. The van der Waals surface area contributed by atoms with Gasteiger partial charge in [0.1, 0.15) is 17.1 Å². The highest BCUT2D eigenvalue weighted by atomic mass is 16.5. The molecule has 0 unspecified atom stereocenters. The van der Waals surface area contributed by atoms with Crippen molar-refractivity contribution in [2.24, 2.45) is 5.41 Å². The Morgan fingerprint density at radius 2 is 1.66 bits per heavy atom. The van der Waals surface area contributed by atoms with Crippen LogP contribution < -0.4 is 0 Å². The molecule has 0 radical (unpaired) electrons. The van der Waals surface area contributed by atoms with Gasteiger partial charge in [-0.25, -0.2) is 4.68 Å². The van der Waals surface area contributed by atoms with Crippen molar-refractivity contribution in [1.29, 1.82) is 0 Å². The highest BCUT2D eigenvalue weighted by Crippen LogP contribution is 2.44. The number of methoxy groups -OCH3 is 1. The van der Waals surface area contributed by atoms with E-state index in [1.165, 1.54) is 7.11 Å². The van der Waals surface area contributed by atoms with E-state index in [4.69, 9.17) is 14.6 Å². The molecule has 0 N–H and O–H groups in total. The molecule has 234 valence electrons. The van der Waals surface area contributed by atoms with Crippen LogP contribution in [0.2, 0.25) is 0 Å². The van der Waals surface area contributed by atoms with Gasteiger partial charge in [-0.15, -0.1) is 0 Å². The zero-order valence-electron chi connectivity index (χ0n) is 28.0. The summed E-state index contributed by atoms with van der Waals surface area (Å²) in [5.41, 5.74) is 3.70. The van der Waals surface area contributed by atoms with E-state index in [9.17, 15) is 9.59 Å². The van der Waals surface area contributed by atoms with E-state index in [0.29, 0.717) is 41.0 Å². The van der Waals surface area contributed by atoms with Crippen molar-refractivity contribution < 1.29 is 19.1 Å². The quantitative estimate of drug-likeness (QED) is 0.115. The minimum absolute atomic E-state index is 0.126. The van der Waals surface area contributed by atoms with Gasteiger partial charge in [0.05, 0.1) is 18.5 Å². The fraction of sp³-hybridized carbons (Fsp3) is 0.342. The molecule has 0 aliphatic heterocycles. The first kappa shape index (κ1) is 35.7. The predicted molar refractivity (Wildman–Crippen MR) is 183 cm³/mol. The SMILES string of the molecule is C=C/C=C\C(=C/C=C)n1nc(C(=C)OC(C)(C)CC(C)(C)C2=C(C)C(=O)C(CC)=C(OC)C2=O)c(C)c1/C(C=C)=C/C=C\C. The van der Waals surface area contributed by atoms with Gasteiger partial charge in [-0.3, -0.25) is 9.59 Å². The molecule has 0 saturated heterocycles. The van der Waals surface area contributed by atoms with Crippen molar-refractivity contribution in [2.75, 3.05) is 7.11 Å². The fourth-order valence-electron chi connectivity index (χ4n) is 6.00. The molecule has 0 fully saturated rings. The van der Waals surface area contributed by atoms with E-state index in [-0.39, 0.29) is 17.3 Å². The van der Waals surface area contributed by atoms with Crippen LogP contribution in [0.3, 0.4) is 0 Å². The molecule has 6 nitrogen and oxygen atoms in total. The summed E-state index contributed by atoms with van der Waals surface area (Å²) in [5.74, 6) is 0.104. The van der Waals surface area contributed by atoms with Gasteiger partial charge in [-0.05, 0) is 70.6 Å². The summed E-state index contributed by atoms with van der Waals surface area (Å²) >= 11 is 0. The first-order valence-corrected chi connectivity index (χ1v) is 14.8. The van der Waals surface area contributed by atoms with Crippen molar-refractivity contribution in [1.82, 2.24) is 9.78 Å². The maximum absolute atomic E-state index is 13.6. The van der Waals surface area contributed by atoms with Gasteiger partial charge in [-0.1, -0.05) is 89.6 Å². The van der Waals surface area contributed by atoms with Crippen LogP contribution in [0.15, 0.2) is 103 Å². The van der Waals surface area contributed by atoms with Gasteiger partial charge in [0, 0.05) is 22.3 Å². The third kappa shape index (κ3) is 7.54. The van der Waals surface area contributed by atoms with E-state index in [0.717, 1.165) is 22.5 Å². The second-order valence-electron chi connectivity index (χ2n) is 11.9. The van der Waals surface area contributed by atoms with E-state index in [1.807, 2.05) is 89.6 Å². The second kappa shape index (κ2) is 14.8. The summed E-state index contributed by atoms with van der Waals surface area (Å²) in [7, 11) is 1.43. The number of allylic oxidation sites excluding steroid dienone is 14. The molecule has 2 rings (SSSR count). The number of Topliss-reactive ketones (excluding diaryl/α,β-unsaturated/α-hetero) is 2. The average Bonchev–Trinajstić information content (AvgIpc) is 3.29. The maximum atomic E-state index is 13.6. The van der Waals surface area contributed by atoms with Crippen LogP contribution in [0.25, 0.3) is 17.0 Å². The summed E-state index contributed by atoms with van der Waals surface area (Å²) in [6.45, 7) is 31.3. The van der Waals surface area contributed by atoms with Crippen LogP contribution in [0.4, 0.5) is 0 Å². The minimum atomic E-state index is -0.792. The van der Waals surface area contributed by atoms with E-state index in [1.54, 1.807) is 25.2 Å². The highest BCUT2D eigenvalue weighted by molar-refractivity contribution is 6.24. The molecular formula is C38H48N2O4. The summed E-state index contributed by atoms with van der Waals surface area (Å²) in [6, 6.07) is 0. The van der Waals surface area contributed by atoms with Crippen molar-refractivity contribution in [3.05, 3.63) is 120 Å². The van der Waals surface area contributed by atoms with Crippen LogP contribution in [-0.2, 0) is 19.1 Å². The molecule has 1 aromatic rings. The van der Waals surface area contributed by atoms with Crippen LogP contribution in [-0.4, -0.2) is 34.1 Å². The Labute approximate surface area is 263 Å². The summed E-state index contributed by atoms with van der Waals surface area (Å²) in [4.78, 5) is 26.8.